The molecule has 2 rings (SSSR count). The second kappa shape index (κ2) is 8.44. The van der Waals surface area contributed by atoms with Crippen molar-refractivity contribution in [1.82, 2.24) is 20.0 Å². The highest BCUT2D eigenvalue weighted by atomic mass is 16.3. The van der Waals surface area contributed by atoms with Crippen LogP contribution in [0.5, 0.6) is 0 Å². The van der Waals surface area contributed by atoms with Crippen LogP contribution in [0.4, 0.5) is 0 Å². The summed E-state index contributed by atoms with van der Waals surface area (Å²) >= 11 is 0. The fourth-order valence-electron chi connectivity index (χ4n) is 2.52. The van der Waals surface area contributed by atoms with E-state index in [2.05, 4.69) is 15.6 Å². The minimum atomic E-state index is -0.189. The first-order valence-electron chi connectivity index (χ1n) is 8.14. The van der Waals surface area contributed by atoms with E-state index in [1.165, 1.54) is 0 Å². The summed E-state index contributed by atoms with van der Waals surface area (Å²) in [4.78, 5) is 28.4. The molecular formula is C17H24N4O3. The molecule has 7 heteroatoms. The van der Waals surface area contributed by atoms with Crippen molar-refractivity contribution in [3.8, 4) is 0 Å². The number of aromatic nitrogens is 2. The summed E-state index contributed by atoms with van der Waals surface area (Å²) in [6.45, 7) is 4.73. The van der Waals surface area contributed by atoms with E-state index in [1.807, 2.05) is 32.2 Å². The number of carbonyl (C=O) groups is 2. The summed E-state index contributed by atoms with van der Waals surface area (Å²) in [6, 6.07) is 3.84. The van der Waals surface area contributed by atoms with Crippen LogP contribution in [0.15, 0.2) is 18.3 Å². The first kappa shape index (κ1) is 17.9. The normalized spacial score (nSPS) is 10.8. The van der Waals surface area contributed by atoms with Crippen LogP contribution in [0, 0.1) is 13.8 Å². The second-order valence-electron chi connectivity index (χ2n) is 5.72. The summed E-state index contributed by atoms with van der Waals surface area (Å²) in [5.41, 5.74) is 3.01. The van der Waals surface area contributed by atoms with Gasteiger partial charge in [-0.25, -0.2) is 4.98 Å². The maximum atomic E-state index is 12.4. The van der Waals surface area contributed by atoms with Gasteiger partial charge in [0, 0.05) is 32.3 Å². The molecule has 0 atom stereocenters. The predicted octanol–water partition coefficient (Wildman–Crippen LogP) is 0.960. The second-order valence-corrected chi connectivity index (χ2v) is 5.72. The van der Waals surface area contributed by atoms with Crippen LogP contribution in [0.1, 0.15) is 41.0 Å². The average Bonchev–Trinajstić information content (AvgIpc) is 2.89. The molecule has 0 saturated heterocycles. The Hall–Kier alpha value is -2.41. The van der Waals surface area contributed by atoms with Crippen molar-refractivity contribution in [3.05, 3.63) is 35.3 Å². The van der Waals surface area contributed by atoms with Crippen LogP contribution in [-0.2, 0) is 4.79 Å². The third kappa shape index (κ3) is 4.32. The van der Waals surface area contributed by atoms with Gasteiger partial charge in [0.2, 0.25) is 5.91 Å². The van der Waals surface area contributed by atoms with Gasteiger partial charge in [0.05, 0.1) is 5.69 Å². The number of pyridine rings is 1. The van der Waals surface area contributed by atoms with Crippen LogP contribution in [0.2, 0.25) is 0 Å². The number of imidazole rings is 1. The summed E-state index contributed by atoms with van der Waals surface area (Å²) in [5.74, 6) is -0.259. The number of rotatable bonds is 8. The van der Waals surface area contributed by atoms with Gasteiger partial charge in [-0.2, -0.15) is 0 Å². The van der Waals surface area contributed by atoms with Gasteiger partial charge >= 0.3 is 0 Å². The Morgan fingerprint density at radius 3 is 2.71 bits per heavy atom. The van der Waals surface area contributed by atoms with E-state index in [9.17, 15) is 9.59 Å². The average molecular weight is 332 g/mol. The van der Waals surface area contributed by atoms with Crippen molar-refractivity contribution in [2.75, 3.05) is 19.7 Å². The molecule has 0 aliphatic rings. The van der Waals surface area contributed by atoms with Crippen molar-refractivity contribution in [3.63, 3.8) is 0 Å². The number of aryl methyl sites for hydroxylation is 2. The van der Waals surface area contributed by atoms with Gasteiger partial charge in [-0.3, -0.25) is 14.0 Å². The van der Waals surface area contributed by atoms with E-state index in [1.54, 1.807) is 4.40 Å². The number of nitrogens with one attached hydrogen (secondary N) is 2. The molecule has 7 nitrogen and oxygen atoms in total. The number of aliphatic hydroxyl groups excluding tert-OH is 1. The Balaban J connectivity index is 1.87. The van der Waals surface area contributed by atoms with Crippen molar-refractivity contribution < 1.29 is 14.7 Å². The Morgan fingerprint density at radius 1 is 1.21 bits per heavy atom. The highest BCUT2D eigenvalue weighted by molar-refractivity contribution is 5.94. The molecule has 3 N–H and O–H groups in total. The molecule has 0 saturated carbocycles. The first-order chi connectivity index (χ1) is 11.5. The van der Waals surface area contributed by atoms with E-state index in [-0.39, 0.29) is 18.4 Å². The minimum absolute atomic E-state index is 0.0640. The molecule has 0 aliphatic carbocycles. The zero-order valence-electron chi connectivity index (χ0n) is 14.1. The quantitative estimate of drug-likeness (QED) is 0.627. The number of amides is 2. The molecule has 0 aromatic carbocycles. The highest BCUT2D eigenvalue weighted by Gasteiger charge is 2.16. The monoisotopic (exact) mass is 332 g/mol. The molecule has 130 valence electrons. The van der Waals surface area contributed by atoms with Crippen molar-refractivity contribution in [2.45, 2.75) is 33.1 Å². The van der Waals surface area contributed by atoms with E-state index in [4.69, 9.17) is 5.11 Å². The molecule has 2 aromatic heterocycles. The third-order valence-electron chi connectivity index (χ3n) is 3.76. The van der Waals surface area contributed by atoms with E-state index >= 15 is 0 Å². The smallest absolute Gasteiger partial charge is 0.270 e. The summed E-state index contributed by atoms with van der Waals surface area (Å²) in [6.07, 6.45) is 3.28. The Bertz CT molecular complexity index is 724. The zero-order chi connectivity index (χ0) is 17.5. The highest BCUT2D eigenvalue weighted by Crippen LogP contribution is 2.15. The van der Waals surface area contributed by atoms with Gasteiger partial charge < -0.3 is 15.7 Å². The largest absolute Gasteiger partial charge is 0.396 e. The number of aliphatic hydroxyl groups is 1. The van der Waals surface area contributed by atoms with Gasteiger partial charge in [0.15, 0.2) is 0 Å². The molecule has 0 radical (unpaired) electrons. The van der Waals surface area contributed by atoms with Gasteiger partial charge in [-0.1, -0.05) is 6.07 Å². The van der Waals surface area contributed by atoms with E-state index in [0.29, 0.717) is 43.7 Å². The van der Waals surface area contributed by atoms with Gasteiger partial charge in [0.25, 0.3) is 5.91 Å². The molecular weight excluding hydrogens is 308 g/mol. The maximum absolute atomic E-state index is 12.4. The fraction of sp³-hybridized carbons (Fsp3) is 0.471. The lowest BCUT2D eigenvalue weighted by molar-refractivity contribution is -0.121. The molecule has 0 fully saturated rings. The minimum Gasteiger partial charge on any atom is -0.396 e. The van der Waals surface area contributed by atoms with Gasteiger partial charge in [0.1, 0.15) is 11.3 Å². The molecule has 0 aliphatic heterocycles. The molecule has 0 unspecified atom stereocenters. The van der Waals surface area contributed by atoms with Crippen molar-refractivity contribution >= 4 is 17.5 Å². The van der Waals surface area contributed by atoms with Gasteiger partial charge in [-0.15, -0.1) is 0 Å². The van der Waals surface area contributed by atoms with E-state index < -0.39 is 0 Å². The number of nitrogens with zero attached hydrogens (tertiary/aromatic N) is 2. The van der Waals surface area contributed by atoms with Crippen LogP contribution in [0.25, 0.3) is 5.65 Å². The summed E-state index contributed by atoms with van der Waals surface area (Å²) in [7, 11) is 0. The molecule has 2 amide bonds. The number of hydrogen-bond acceptors (Lipinski definition) is 4. The van der Waals surface area contributed by atoms with Crippen LogP contribution < -0.4 is 10.6 Å². The number of carbonyl (C=O) groups excluding carboxylic acids is 2. The Labute approximate surface area is 141 Å². The standard InChI is InChI=1S/C17H24N4O3/c1-12-6-4-10-21-15(13(2)20-16(12)21)17(24)19-8-3-7-14(23)18-9-5-11-22/h4,6,10,22H,3,5,7-9,11H2,1-2H3,(H,18,23)(H,19,24). The lowest BCUT2D eigenvalue weighted by atomic mass is 10.2. The molecule has 2 heterocycles. The lowest BCUT2D eigenvalue weighted by Gasteiger charge is -2.07. The topological polar surface area (TPSA) is 95.7 Å². The van der Waals surface area contributed by atoms with Crippen LogP contribution in [-0.4, -0.2) is 46.0 Å². The SMILES string of the molecule is Cc1nc2c(C)cccn2c1C(=O)NCCCC(=O)NCCCO. The van der Waals surface area contributed by atoms with Crippen LogP contribution in [0.3, 0.4) is 0 Å². The Kier molecular flexibility index (Phi) is 6.31. The molecule has 24 heavy (non-hydrogen) atoms. The fourth-order valence-corrected chi connectivity index (χ4v) is 2.52. The van der Waals surface area contributed by atoms with Crippen molar-refractivity contribution in [1.29, 1.82) is 0 Å². The molecule has 0 bridgehead atoms. The van der Waals surface area contributed by atoms with Crippen molar-refractivity contribution in [2.24, 2.45) is 0 Å². The third-order valence-corrected chi connectivity index (χ3v) is 3.76. The Morgan fingerprint density at radius 2 is 1.96 bits per heavy atom. The maximum Gasteiger partial charge on any atom is 0.270 e. The zero-order valence-corrected chi connectivity index (χ0v) is 14.1. The summed E-state index contributed by atoms with van der Waals surface area (Å²) in [5, 5.41) is 14.2. The molecule has 2 aromatic rings. The summed E-state index contributed by atoms with van der Waals surface area (Å²) < 4.78 is 1.79. The van der Waals surface area contributed by atoms with Gasteiger partial charge in [-0.05, 0) is 38.3 Å². The molecule has 0 spiro atoms. The first-order valence-corrected chi connectivity index (χ1v) is 8.14. The number of hydrogen-bond donors (Lipinski definition) is 3. The van der Waals surface area contributed by atoms with E-state index in [0.717, 1.165) is 11.2 Å². The number of fused-ring (bicyclic) bond motifs is 1. The predicted molar refractivity (Wildman–Crippen MR) is 90.9 cm³/mol. The lowest BCUT2D eigenvalue weighted by Crippen LogP contribution is -2.29. The van der Waals surface area contributed by atoms with Crippen LogP contribution >= 0.6 is 0 Å².